The first kappa shape index (κ1) is 16.9. The average molecular weight is 365 g/mol. The van der Waals surface area contributed by atoms with Crippen LogP contribution in [0.5, 0.6) is 11.5 Å². The molecule has 4 nitrogen and oxygen atoms in total. The number of hydrogen-bond acceptors (Lipinski definition) is 4. The molecule has 0 amide bonds. The molecule has 3 rings (SSSR count). The number of rotatable bonds is 4. The third-order valence-corrected chi connectivity index (χ3v) is 4.77. The van der Waals surface area contributed by atoms with Gasteiger partial charge in [-0.3, -0.25) is 4.99 Å². The van der Waals surface area contributed by atoms with Gasteiger partial charge in [0.05, 0.1) is 12.4 Å². The lowest BCUT2D eigenvalue weighted by Gasteiger charge is -2.29. The minimum absolute atomic E-state index is 0.111. The lowest BCUT2D eigenvalue weighted by Crippen LogP contribution is -2.27. The van der Waals surface area contributed by atoms with Crippen LogP contribution in [0, 0.1) is 0 Å². The number of hydrogen-bond donors (Lipinski definition) is 2. The highest BCUT2D eigenvalue weighted by Crippen LogP contribution is 2.45. The molecular weight excluding hydrogens is 347 g/mol. The summed E-state index contributed by atoms with van der Waals surface area (Å²) >= 11 is 12.7. The van der Waals surface area contributed by atoms with Crippen molar-refractivity contribution in [3.8, 4) is 11.5 Å². The van der Waals surface area contributed by atoms with Crippen molar-refractivity contribution >= 4 is 29.5 Å². The second-order valence-corrected chi connectivity index (χ2v) is 6.62. The van der Waals surface area contributed by atoms with Crippen LogP contribution in [0.2, 0.25) is 10.0 Å². The Balaban J connectivity index is 2.06. The molecule has 1 aliphatic rings. The molecule has 0 aliphatic carbocycles. The van der Waals surface area contributed by atoms with Crippen LogP contribution < -0.4 is 0 Å². The molecule has 2 atom stereocenters. The summed E-state index contributed by atoms with van der Waals surface area (Å²) in [7, 11) is 0. The number of halogens is 2. The first-order valence-electron chi connectivity index (χ1n) is 7.77. The van der Waals surface area contributed by atoms with Crippen LogP contribution in [0.25, 0.3) is 0 Å². The normalized spacial score (nSPS) is 19.9. The van der Waals surface area contributed by atoms with Crippen molar-refractivity contribution in [2.45, 2.75) is 25.4 Å². The highest BCUT2D eigenvalue weighted by Gasteiger charge is 2.35. The van der Waals surface area contributed by atoms with Crippen molar-refractivity contribution in [2.24, 2.45) is 4.99 Å². The summed E-state index contributed by atoms with van der Waals surface area (Å²) < 4.78 is 0. The van der Waals surface area contributed by atoms with Gasteiger partial charge in [-0.25, -0.2) is 0 Å². The van der Waals surface area contributed by atoms with E-state index in [0.717, 1.165) is 24.1 Å². The molecule has 24 heavy (non-hydrogen) atoms. The fourth-order valence-electron chi connectivity index (χ4n) is 3.06. The lowest BCUT2D eigenvalue weighted by atomic mass is 9.93. The number of aromatic hydroxyl groups is 2. The Labute approximate surface area is 151 Å². The molecule has 0 unspecified atom stereocenters. The van der Waals surface area contributed by atoms with E-state index in [2.05, 4.69) is 16.8 Å². The van der Waals surface area contributed by atoms with Crippen LogP contribution in [0.4, 0.5) is 0 Å². The summed E-state index contributed by atoms with van der Waals surface area (Å²) in [5.41, 5.74) is 1.72. The van der Waals surface area contributed by atoms with Crippen LogP contribution in [0.3, 0.4) is 0 Å². The van der Waals surface area contributed by atoms with E-state index in [1.165, 1.54) is 12.1 Å². The van der Waals surface area contributed by atoms with Crippen molar-refractivity contribution in [3.05, 3.63) is 57.6 Å². The molecule has 0 spiro atoms. The summed E-state index contributed by atoms with van der Waals surface area (Å²) in [6, 6.07) is 9.55. The Bertz CT molecular complexity index is 780. The van der Waals surface area contributed by atoms with Crippen LogP contribution in [-0.2, 0) is 0 Å². The van der Waals surface area contributed by atoms with Gasteiger partial charge < -0.3 is 15.1 Å². The van der Waals surface area contributed by atoms with Gasteiger partial charge in [0.2, 0.25) is 0 Å². The molecule has 1 aliphatic heterocycles. The quantitative estimate of drug-likeness (QED) is 0.807. The molecule has 1 heterocycles. The van der Waals surface area contributed by atoms with Crippen molar-refractivity contribution in [1.82, 2.24) is 4.90 Å². The fourth-order valence-corrected chi connectivity index (χ4v) is 3.63. The van der Waals surface area contributed by atoms with E-state index in [1.54, 1.807) is 18.2 Å². The van der Waals surface area contributed by atoms with E-state index >= 15 is 0 Å². The molecule has 0 bridgehead atoms. The number of benzene rings is 2. The Kier molecular flexibility index (Phi) is 4.88. The van der Waals surface area contributed by atoms with E-state index in [1.807, 2.05) is 12.4 Å². The molecule has 6 heteroatoms. The fraction of sp³-hybridized carbons (Fsp3) is 0.278. The maximum Gasteiger partial charge on any atom is 0.117 e. The largest absolute Gasteiger partial charge is 0.508 e. The standard InChI is InChI=1S/C18H18Cl2N2O2/c1-2-7-22-10-21-17(13-5-3-11(23)8-15(13)19)18(22)14-6-4-12(24)9-16(14)20/h3-6,8-10,17-18,23-24H,2,7H2,1H3/t17-,18+/m0/s1. The average Bonchev–Trinajstić information content (AvgIpc) is 2.91. The lowest BCUT2D eigenvalue weighted by molar-refractivity contribution is 0.317. The molecule has 2 aromatic carbocycles. The van der Waals surface area contributed by atoms with E-state index in [-0.39, 0.29) is 23.6 Å². The number of aliphatic imine (C=N–C) groups is 1. The van der Waals surface area contributed by atoms with Gasteiger partial charge in [0.1, 0.15) is 17.5 Å². The second kappa shape index (κ2) is 6.91. The zero-order valence-electron chi connectivity index (χ0n) is 13.2. The van der Waals surface area contributed by atoms with Crippen molar-refractivity contribution in [1.29, 1.82) is 0 Å². The van der Waals surface area contributed by atoms with E-state index in [0.29, 0.717) is 10.0 Å². The minimum Gasteiger partial charge on any atom is -0.508 e. The molecule has 2 aromatic rings. The third-order valence-electron chi connectivity index (χ3n) is 4.12. The van der Waals surface area contributed by atoms with E-state index in [4.69, 9.17) is 23.2 Å². The zero-order valence-corrected chi connectivity index (χ0v) is 14.7. The molecule has 126 valence electrons. The SMILES string of the molecule is CCCN1C=N[C@@H](c2ccc(O)cc2Cl)[C@H]1c1ccc(O)cc1Cl. The predicted octanol–water partition coefficient (Wildman–Crippen LogP) is 4.94. The van der Waals surface area contributed by atoms with Crippen LogP contribution in [0.15, 0.2) is 41.4 Å². The van der Waals surface area contributed by atoms with Gasteiger partial charge in [0.15, 0.2) is 0 Å². The Hall–Kier alpha value is -1.91. The first-order chi connectivity index (χ1) is 11.5. The maximum absolute atomic E-state index is 9.63. The van der Waals surface area contributed by atoms with Gasteiger partial charge in [-0.15, -0.1) is 0 Å². The van der Waals surface area contributed by atoms with Crippen LogP contribution in [0.1, 0.15) is 36.6 Å². The van der Waals surface area contributed by atoms with E-state index in [9.17, 15) is 10.2 Å². The van der Waals surface area contributed by atoms with Gasteiger partial charge in [-0.05, 0) is 41.8 Å². The monoisotopic (exact) mass is 364 g/mol. The van der Waals surface area contributed by atoms with Crippen molar-refractivity contribution in [2.75, 3.05) is 6.54 Å². The highest BCUT2D eigenvalue weighted by molar-refractivity contribution is 6.32. The van der Waals surface area contributed by atoms with Crippen molar-refractivity contribution in [3.63, 3.8) is 0 Å². The molecule has 0 saturated heterocycles. The molecule has 0 radical (unpaired) electrons. The topological polar surface area (TPSA) is 56.1 Å². The predicted molar refractivity (Wildman–Crippen MR) is 97.2 cm³/mol. The summed E-state index contributed by atoms with van der Waals surface area (Å²) in [6.45, 7) is 2.93. The third kappa shape index (κ3) is 3.17. The molecule has 0 aromatic heterocycles. The van der Waals surface area contributed by atoms with Gasteiger partial charge in [0, 0.05) is 16.6 Å². The summed E-state index contributed by atoms with van der Waals surface area (Å²) in [5, 5.41) is 20.2. The summed E-state index contributed by atoms with van der Waals surface area (Å²) in [6.07, 6.45) is 2.79. The van der Waals surface area contributed by atoms with Gasteiger partial charge >= 0.3 is 0 Å². The Morgan fingerprint density at radius 1 is 1.00 bits per heavy atom. The smallest absolute Gasteiger partial charge is 0.117 e. The van der Waals surface area contributed by atoms with Gasteiger partial charge in [-0.1, -0.05) is 42.3 Å². The zero-order chi connectivity index (χ0) is 17.3. The summed E-state index contributed by atoms with van der Waals surface area (Å²) in [4.78, 5) is 6.76. The van der Waals surface area contributed by atoms with E-state index < -0.39 is 0 Å². The number of phenols is 2. The molecular formula is C18H18Cl2N2O2. The molecule has 0 fully saturated rings. The first-order valence-corrected chi connectivity index (χ1v) is 8.52. The highest BCUT2D eigenvalue weighted by atomic mass is 35.5. The Morgan fingerprint density at radius 2 is 1.58 bits per heavy atom. The van der Waals surface area contributed by atoms with Gasteiger partial charge in [-0.2, -0.15) is 0 Å². The second-order valence-electron chi connectivity index (χ2n) is 5.80. The molecule has 0 saturated carbocycles. The van der Waals surface area contributed by atoms with Crippen LogP contribution >= 0.6 is 23.2 Å². The minimum atomic E-state index is -0.230. The van der Waals surface area contributed by atoms with Crippen LogP contribution in [-0.4, -0.2) is 28.0 Å². The summed E-state index contributed by atoms with van der Waals surface area (Å²) in [5.74, 6) is 0.249. The number of nitrogens with zero attached hydrogens (tertiary/aromatic N) is 2. The van der Waals surface area contributed by atoms with Gasteiger partial charge in [0.25, 0.3) is 0 Å². The Morgan fingerprint density at radius 3 is 2.12 bits per heavy atom. The molecule has 2 N–H and O–H groups in total. The van der Waals surface area contributed by atoms with Crippen molar-refractivity contribution < 1.29 is 10.2 Å². The number of phenolic OH excluding ortho intramolecular Hbond substituents is 2. The maximum atomic E-state index is 9.63.